The standard InChI is InChI=1S/C18H15FN2O3/c19-16-8-12(9-20)4-5-14(16)11-24-17-3-1-2-13-6-7-21(18(22)23)10-15(13)17/h1-5,8H,6-7,10-11H2,(H,22,23). The summed E-state index contributed by atoms with van der Waals surface area (Å²) in [5, 5.41) is 17.9. The van der Waals surface area contributed by atoms with Gasteiger partial charge in [-0.2, -0.15) is 5.26 Å². The lowest BCUT2D eigenvalue weighted by atomic mass is 9.99. The van der Waals surface area contributed by atoms with Crippen molar-refractivity contribution >= 4 is 6.09 Å². The van der Waals surface area contributed by atoms with Gasteiger partial charge in [-0.3, -0.25) is 0 Å². The van der Waals surface area contributed by atoms with Gasteiger partial charge in [-0.05, 0) is 30.2 Å². The van der Waals surface area contributed by atoms with Crippen LogP contribution in [-0.2, 0) is 19.6 Å². The first-order valence-electron chi connectivity index (χ1n) is 7.48. The van der Waals surface area contributed by atoms with Crippen LogP contribution in [0.5, 0.6) is 5.75 Å². The summed E-state index contributed by atoms with van der Waals surface area (Å²) in [5.74, 6) is 0.0632. The van der Waals surface area contributed by atoms with E-state index >= 15 is 0 Å². The average molecular weight is 326 g/mol. The molecule has 0 aliphatic carbocycles. The Morgan fingerprint density at radius 1 is 1.38 bits per heavy atom. The van der Waals surface area contributed by atoms with E-state index in [9.17, 15) is 9.18 Å². The molecule has 1 amide bonds. The number of nitrogens with zero attached hydrogens (tertiary/aromatic N) is 2. The summed E-state index contributed by atoms with van der Waals surface area (Å²) in [6.45, 7) is 0.730. The SMILES string of the molecule is N#Cc1ccc(COc2cccc3c2CN(C(=O)O)CC3)c(F)c1. The normalized spacial score (nSPS) is 13.1. The van der Waals surface area contributed by atoms with Crippen LogP contribution in [-0.4, -0.2) is 22.6 Å². The van der Waals surface area contributed by atoms with Crippen molar-refractivity contribution in [1.82, 2.24) is 4.90 Å². The van der Waals surface area contributed by atoms with E-state index in [1.165, 1.54) is 23.1 Å². The number of rotatable bonds is 3. The topological polar surface area (TPSA) is 73.6 Å². The first-order chi connectivity index (χ1) is 11.6. The number of hydrogen-bond donors (Lipinski definition) is 1. The second-order valence-corrected chi connectivity index (χ2v) is 5.55. The van der Waals surface area contributed by atoms with E-state index in [1.807, 2.05) is 18.2 Å². The number of carbonyl (C=O) groups is 1. The van der Waals surface area contributed by atoms with Gasteiger partial charge in [-0.15, -0.1) is 0 Å². The summed E-state index contributed by atoms with van der Waals surface area (Å²) < 4.78 is 19.7. The number of benzene rings is 2. The quantitative estimate of drug-likeness (QED) is 0.939. The van der Waals surface area contributed by atoms with Gasteiger partial charge in [-0.1, -0.05) is 18.2 Å². The highest BCUT2D eigenvalue weighted by molar-refractivity contribution is 5.66. The van der Waals surface area contributed by atoms with Crippen molar-refractivity contribution in [1.29, 1.82) is 5.26 Å². The van der Waals surface area contributed by atoms with Crippen molar-refractivity contribution in [3.63, 3.8) is 0 Å². The molecule has 0 radical (unpaired) electrons. The van der Waals surface area contributed by atoms with E-state index in [2.05, 4.69) is 0 Å². The first-order valence-corrected chi connectivity index (χ1v) is 7.48. The fourth-order valence-electron chi connectivity index (χ4n) is 2.74. The van der Waals surface area contributed by atoms with Crippen molar-refractivity contribution in [2.75, 3.05) is 6.54 Å². The molecule has 0 unspecified atom stereocenters. The third-order valence-corrected chi connectivity index (χ3v) is 4.07. The van der Waals surface area contributed by atoms with Crippen molar-refractivity contribution < 1.29 is 19.0 Å². The van der Waals surface area contributed by atoms with Gasteiger partial charge in [0.05, 0.1) is 18.2 Å². The molecule has 1 aliphatic heterocycles. The molecule has 2 aromatic rings. The van der Waals surface area contributed by atoms with E-state index in [0.29, 0.717) is 24.3 Å². The van der Waals surface area contributed by atoms with Crippen LogP contribution in [0.2, 0.25) is 0 Å². The molecule has 5 nitrogen and oxygen atoms in total. The van der Waals surface area contributed by atoms with Crippen molar-refractivity contribution in [3.8, 4) is 11.8 Å². The maximum absolute atomic E-state index is 13.9. The molecule has 0 saturated carbocycles. The molecule has 0 fully saturated rings. The van der Waals surface area contributed by atoms with Gasteiger partial charge in [0, 0.05) is 17.7 Å². The van der Waals surface area contributed by atoms with Crippen LogP contribution in [0.3, 0.4) is 0 Å². The first kappa shape index (κ1) is 15.8. The zero-order valence-electron chi connectivity index (χ0n) is 12.8. The minimum Gasteiger partial charge on any atom is -0.488 e. The van der Waals surface area contributed by atoms with Gasteiger partial charge in [0.15, 0.2) is 0 Å². The summed E-state index contributed by atoms with van der Waals surface area (Å²) in [7, 11) is 0. The van der Waals surface area contributed by atoms with Crippen LogP contribution in [0, 0.1) is 17.1 Å². The fraction of sp³-hybridized carbons (Fsp3) is 0.222. The zero-order valence-corrected chi connectivity index (χ0v) is 12.8. The maximum Gasteiger partial charge on any atom is 0.407 e. The lowest BCUT2D eigenvalue weighted by Gasteiger charge is -2.28. The molecule has 0 atom stereocenters. The van der Waals surface area contributed by atoms with Gasteiger partial charge in [0.2, 0.25) is 0 Å². The molecule has 122 valence electrons. The predicted octanol–water partition coefficient (Wildman–Crippen LogP) is 3.31. The second kappa shape index (κ2) is 6.59. The van der Waals surface area contributed by atoms with Crippen LogP contribution >= 0.6 is 0 Å². The fourth-order valence-corrected chi connectivity index (χ4v) is 2.74. The van der Waals surface area contributed by atoms with Gasteiger partial charge >= 0.3 is 6.09 Å². The van der Waals surface area contributed by atoms with Crippen molar-refractivity contribution in [3.05, 3.63) is 64.5 Å². The largest absolute Gasteiger partial charge is 0.488 e. The van der Waals surface area contributed by atoms with Crippen LogP contribution in [0.15, 0.2) is 36.4 Å². The Labute approximate surface area is 138 Å². The number of nitriles is 1. The molecule has 2 aromatic carbocycles. The lowest BCUT2D eigenvalue weighted by molar-refractivity contribution is 0.139. The van der Waals surface area contributed by atoms with E-state index in [-0.39, 0.29) is 18.7 Å². The minimum atomic E-state index is -0.964. The molecule has 0 aromatic heterocycles. The molecule has 0 spiro atoms. The van der Waals surface area contributed by atoms with E-state index in [1.54, 1.807) is 6.07 Å². The number of hydrogen-bond acceptors (Lipinski definition) is 3. The van der Waals surface area contributed by atoms with Crippen LogP contribution < -0.4 is 4.74 Å². The molecular weight excluding hydrogens is 311 g/mol. The highest BCUT2D eigenvalue weighted by Gasteiger charge is 2.22. The molecule has 1 N–H and O–H groups in total. The van der Waals surface area contributed by atoms with Gasteiger partial charge in [0.25, 0.3) is 0 Å². The molecule has 1 heterocycles. The molecule has 0 saturated heterocycles. The number of fused-ring (bicyclic) bond motifs is 1. The van der Waals surface area contributed by atoms with Crippen molar-refractivity contribution in [2.45, 2.75) is 19.6 Å². The zero-order chi connectivity index (χ0) is 17.1. The highest BCUT2D eigenvalue weighted by Crippen LogP contribution is 2.29. The minimum absolute atomic E-state index is 0.0149. The highest BCUT2D eigenvalue weighted by atomic mass is 19.1. The van der Waals surface area contributed by atoms with E-state index in [4.69, 9.17) is 15.1 Å². The van der Waals surface area contributed by atoms with Gasteiger partial charge in [-0.25, -0.2) is 9.18 Å². The Kier molecular flexibility index (Phi) is 4.34. The Morgan fingerprint density at radius 3 is 2.92 bits per heavy atom. The second-order valence-electron chi connectivity index (χ2n) is 5.55. The summed E-state index contributed by atoms with van der Waals surface area (Å²) in [4.78, 5) is 12.5. The Balaban J connectivity index is 1.79. The summed E-state index contributed by atoms with van der Waals surface area (Å²) in [6, 6.07) is 11.7. The molecular formula is C18H15FN2O3. The maximum atomic E-state index is 13.9. The lowest BCUT2D eigenvalue weighted by Crippen LogP contribution is -2.34. The third-order valence-electron chi connectivity index (χ3n) is 4.07. The monoisotopic (exact) mass is 326 g/mol. The smallest absolute Gasteiger partial charge is 0.407 e. The average Bonchev–Trinajstić information content (AvgIpc) is 2.60. The molecule has 1 aliphatic rings. The number of carboxylic acid groups (broad SMARTS) is 1. The third kappa shape index (κ3) is 3.15. The Morgan fingerprint density at radius 2 is 2.21 bits per heavy atom. The summed E-state index contributed by atoms with van der Waals surface area (Å²) >= 11 is 0. The van der Waals surface area contributed by atoms with Crippen molar-refractivity contribution in [2.24, 2.45) is 0 Å². The molecule has 6 heteroatoms. The van der Waals surface area contributed by atoms with E-state index in [0.717, 1.165) is 11.1 Å². The number of halogens is 1. The predicted molar refractivity (Wildman–Crippen MR) is 84.0 cm³/mol. The Hall–Kier alpha value is -3.07. The van der Waals surface area contributed by atoms with Crippen LogP contribution in [0.25, 0.3) is 0 Å². The summed E-state index contributed by atoms with van der Waals surface area (Å²) in [5.41, 5.74) is 2.47. The van der Waals surface area contributed by atoms with Crippen LogP contribution in [0.1, 0.15) is 22.3 Å². The number of ether oxygens (including phenoxy) is 1. The molecule has 24 heavy (non-hydrogen) atoms. The molecule has 3 rings (SSSR count). The molecule has 0 bridgehead atoms. The van der Waals surface area contributed by atoms with Crippen LogP contribution in [0.4, 0.5) is 9.18 Å². The van der Waals surface area contributed by atoms with Gasteiger partial charge in [0.1, 0.15) is 18.2 Å². The van der Waals surface area contributed by atoms with E-state index < -0.39 is 11.9 Å². The number of amides is 1. The van der Waals surface area contributed by atoms with Gasteiger partial charge < -0.3 is 14.7 Å². The summed E-state index contributed by atoms with van der Waals surface area (Å²) in [6.07, 6.45) is -0.335. The Bertz CT molecular complexity index is 829.